The lowest BCUT2D eigenvalue weighted by Gasteiger charge is -2.11. The van der Waals surface area contributed by atoms with Gasteiger partial charge in [0.25, 0.3) is 0 Å². The average molecular weight is 700 g/mol. The van der Waals surface area contributed by atoms with E-state index in [1.165, 1.54) is 45.2 Å². The summed E-state index contributed by atoms with van der Waals surface area (Å²) in [4.78, 5) is 24.5. The van der Waals surface area contributed by atoms with Gasteiger partial charge in [0, 0.05) is 50.7 Å². The number of anilines is 2. The van der Waals surface area contributed by atoms with Gasteiger partial charge in [0.05, 0.1) is 7.14 Å². The number of nitrogens with zero attached hydrogens (tertiary/aromatic N) is 2. The molecule has 0 aliphatic carbocycles. The number of benzene rings is 3. The van der Waals surface area contributed by atoms with Crippen molar-refractivity contribution in [2.45, 2.75) is 0 Å². The van der Waals surface area contributed by atoms with Crippen molar-refractivity contribution in [1.82, 2.24) is 0 Å². The molecule has 0 atom stereocenters. The Bertz CT molecular complexity index is 947. The Balaban J connectivity index is 0.000000255. The van der Waals surface area contributed by atoms with Crippen LogP contribution in [-0.2, 0) is 0 Å². The fraction of sp³-hybridized carbons (Fsp3) is 0.167. The molecule has 0 aliphatic rings. The summed E-state index contributed by atoms with van der Waals surface area (Å²) in [6.45, 7) is 0. The fourth-order valence-electron chi connectivity index (χ4n) is 2.28. The largest absolute Gasteiger partial charge is 0.378 e. The number of halogens is 6. The Morgan fingerprint density at radius 1 is 0.559 bits per heavy atom. The van der Waals surface area contributed by atoms with Gasteiger partial charge in [-0.3, -0.25) is 9.59 Å². The first-order valence-corrected chi connectivity index (χ1v) is 11.7. The van der Waals surface area contributed by atoms with Crippen molar-refractivity contribution in [3.63, 3.8) is 0 Å². The molecule has 3 aromatic carbocycles. The molecule has 0 amide bonds. The van der Waals surface area contributed by atoms with Crippen LogP contribution < -0.4 is 9.80 Å². The molecule has 0 radical (unpaired) electrons. The molecule has 0 aromatic heterocycles. The molecule has 0 saturated carbocycles. The van der Waals surface area contributed by atoms with Crippen molar-refractivity contribution in [1.29, 1.82) is 0 Å². The predicted molar refractivity (Wildman–Crippen MR) is 144 cm³/mol. The third kappa shape index (κ3) is 8.53. The summed E-state index contributed by atoms with van der Waals surface area (Å²) >= 11 is 2.41. The zero-order chi connectivity index (χ0) is 26.0. The SMILES string of the molecule is CN(C)c1ccc(C=O)cc1.CN(C)c1ccc(C=O)cc1.Fc1c(F)c(I)c(F)c(F)c1I. The molecular formula is C24H22F4I2N2O2. The van der Waals surface area contributed by atoms with Crippen LogP contribution in [-0.4, -0.2) is 40.8 Å². The van der Waals surface area contributed by atoms with E-state index in [4.69, 9.17) is 0 Å². The Kier molecular flexibility index (Phi) is 12.5. The standard InChI is InChI=1S/2C9H11NO.C6F4I2/c2*1-10(2)9-5-3-8(7-11)4-6-9;7-1-2(8)6(12)4(10)3(9)5(1)11/h2*3-7H,1-2H3;. The highest BCUT2D eigenvalue weighted by atomic mass is 127. The first-order chi connectivity index (χ1) is 15.9. The van der Waals surface area contributed by atoms with E-state index >= 15 is 0 Å². The second-order valence-electron chi connectivity index (χ2n) is 7.09. The third-order valence-electron chi connectivity index (χ3n) is 4.25. The predicted octanol–water partition coefficient (Wildman–Crippen LogP) is 6.58. The average Bonchev–Trinajstić information content (AvgIpc) is 2.86. The van der Waals surface area contributed by atoms with E-state index in [1.807, 2.05) is 86.5 Å². The van der Waals surface area contributed by atoms with Crippen molar-refractivity contribution in [3.8, 4) is 0 Å². The zero-order valence-corrected chi connectivity index (χ0v) is 23.1. The summed E-state index contributed by atoms with van der Waals surface area (Å²) in [7, 11) is 7.87. The Morgan fingerprint density at radius 2 is 0.794 bits per heavy atom. The number of hydrogen-bond acceptors (Lipinski definition) is 4. The van der Waals surface area contributed by atoms with Gasteiger partial charge in [-0.2, -0.15) is 0 Å². The molecule has 0 bridgehead atoms. The maximum Gasteiger partial charge on any atom is 0.176 e. The van der Waals surface area contributed by atoms with Crippen molar-refractivity contribution >= 4 is 69.1 Å². The number of aldehydes is 2. The highest BCUT2D eigenvalue weighted by Gasteiger charge is 2.21. The van der Waals surface area contributed by atoms with Crippen molar-refractivity contribution in [3.05, 3.63) is 90.1 Å². The molecule has 0 aliphatic heterocycles. The minimum absolute atomic E-state index is 0.664. The summed E-state index contributed by atoms with van der Waals surface area (Å²) in [6.07, 6.45) is 1.69. The normalized spacial score (nSPS) is 9.71. The van der Waals surface area contributed by atoms with Crippen molar-refractivity contribution in [2.24, 2.45) is 0 Å². The summed E-state index contributed by atoms with van der Waals surface area (Å²) in [6, 6.07) is 14.9. The highest BCUT2D eigenvalue weighted by molar-refractivity contribution is 14.1. The molecule has 0 N–H and O–H groups in total. The zero-order valence-electron chi connectivity index (χ0n) is 18.8. The van der Waals surface area contributed by atoms with Crippen LogP contribution in [0, 0.1) is 30.4 Å². The second kappa shape index (κ2) is 14.2. The van der Waals surface area contributed by atoms with Gasteiger partial charge in [-0.25, -0.2) is 17.6 Å². The maximum absolute atomic E-state index is 12.6. The Labute approximate surface area is 223 Å². The summed E-state index contributed by atoms with van der Waals surface area (Å²) in [5, 5.41) is 0. The Morgan fingerprint density at radius 3 is 0.971 bits per heavy atom. The molecule has 182 valence electrons. The summed E-state index contributed by atoms with van der Waals surface area (Å²) in [5.74, 6) is -5.39. The molecule has 0 saturated heterocycles. The molecular weight excluding hydrogens is 678 g/mol. The van der Waals surface area contributed by atoms with E-state index in [9.17, 15) is 27.2 Å². The van der Waals surface area contributed by atoms with E-state index in [1.54, 1.807) is 0 Å². The first-order valence-electron chi connectivity index (χ1n) is 9.56. The van der Waals surface area contributed by atoms with Gasteiger partial charge in [-0.05, 0) is 93.7 Å². The van der Waals surface area contributed by atoms with Crippen LogP contribution in [0.5, 0.6) is 0 Å². The quantitative estimate of drug-likeness (QED) is 0.102. The Hall–Kier alpha value is -2.22. The van der Waals surface area contributed by atoms with E-state index in [0.29, 0.717) is 0 Å². The van der Waals surface area contributed by atoms with Gasteiger partial charge in [-0.15, -0.1) is 0 Å². The minimum atomic E-state index is -1.35. The van der Waals surface area contributed by atoms with E-state index in [2.05, 4.69) is 0 Å². The molecule has 34 heavy (non-hydrogen) atoms. The molecule has 3 rings (SSSR count). The van der Waals surface area contributed by atoms with Crippen LogP contribution in [0.15, 0.2) is 48.5 Å². The molecule has 0 fully saturated rings. The maximum atomic E-state index is 12.6. The fourth-order valence-corrected chi connectivity index (χ4v) is 3.23. The van der Waals surface area contributed by atoms with Gasteiger partial charge in [0.1, 0.15) is 12.6 Å². The van der Waals surface area contributed by atoms with Crippen LogP contribution >= 0.6 is 45.2 Å². The smallest absolute Gasteiger partial charge is 0.176 e. The minimum Gasteiger partial charge on any atom is -0.378 e. The highest BCUT2D eigenvalue weighted by Crippen LogP contribution is 2.26. The van der Waals surface area contributed by atoms with Crippen LogP contribution in [0.1, 0.15) is 20.7 Å². The summed E-state index contributed by atoms with van der Waals surface area (Å²) < 4.78 is 49.2. The molecule has 0 unspecified atom stereocenters. The van der Waals surface area contributed by atoms with Crippen molar-refractivity contribution < 1.29 is 27.2 Å². The number of rotatable bonds is 4. The molecule has 0 heterocycles. The van der Waals surface area contributed by atoms with Crippen LogP contribution in [0.3, 0.4) is 0 Å². The molecule has 0 spiro atoms. The summed E-state index contributed by atoms with van der Waals surface area (Å²) in [5.41, 5.74) is 3.65. The van der Waals surface area contributed by atoms with E-state index in [0.717, 1.165) is 35.1 Å². The topological polar surface area (TPSA) is 40.6 Å². The van der Waals surface area contributed by atoms with Gasteiger partial charge in [-0.1, -0.05) is 0 Å². The van der Waals surface area contributed by atoms with Crippen LogP contribution in [0.2, 0.25) is 0 Å². The third-order valence-corrected chi connectivity index (χ3v) is 6.14. The van der Waals surface area contributed by atoms with Gasteiger partial charge in [0.15, 0.2) is 23.3 Å². The number of carbonyl (C=O) groups excluding carboxylic acids is 2. The van der Waals surface area contributed by atoms with Gasteiger partial charge < -0.3 is 9.80 Å². The number of carbonyl (C=O) groups is 2. The molecule has 4 nitrogen and oxygen atoms in total. The lowest BCUT2D eigenvalue weighted by molar-refractivity contribution is 0.111. The van der Waals surface area contributed by atoms with Crippen LogP contribution in [0.25, 0.3) is 0 Å². The lowest BCUT2D eigenvalue weighted by Crippen LogP contribution is -2.08. The second-order valence-corrected chi connectivity index (χ2v) is 9.25. The molecule has 3 aromatic rings. The van der Waals surface area contributed by atoms with Gasteiger partial charge >= 0.3 is 0 Å². The van der Waals surface area contributed by atoms with Crippen LogP contribution in [0.4, 0.5) is 28.9 Å². The molecule has 10 heteroatoms. The van der Waals surface area contributed by atoms with E-state index < -0.39 is 30.4 Å². The first kappa shape index (κ1) is 29.8. The lowest BCUT2D eigenvalue weighted by atomic mass is 10.2. The van der Waals surface area contributed by atoms with Crippen molar-refractivity contribution in [2.75, 3.05) is 38.0 Å². The monoisotopic (exact) mass is 700 g/mol. The van der Waals surface area contributed by atoms with E-state index in [-0.39, 0.29) is 0 Å². The number of hydrogen-bond donors (Lipinski definition) is 0. The van der Waals surface area contributed by atoms with Gasteiger partial charge in [0.2, 0.25) is 0 Å².